The van der Waals surface area contributed by atoms with E-state index in [1.165, 1.54) is 11.8 Å². The molecular formula is C27H32N2O4S2. The van der Waals surface area contributed by atoms with E-state index in [4.69, 9.17) is 4.74 Å². The molecule has 186 valence electrons. The van der Waals surface area contributed by atoms with Crippen molar-refractivity contribution < 1.29 is 17.9 Å². The summed E-state index contributed by atoms with van der Waals surface area (Å²) in [4.78, 5) is 14.2. The van der Waals surface area contributed by atoms with Gasteiger partial charge in [0.2, 0.25) is 5.91 Å². The summed E-state index contributed by atoms with van der Waals surface area (Å²) in [6.45, 7) is 5.88. The minimum Gasteiger partial charge on any atom is -0.494 e. The molecule has 0 aromatic heterocycles. The maximum atomic E-state index is 13.6. The third-order valence-corrected chi connectivity index (χ3v) is 7.87. The summed E-state index contributed by atoms with van der Waals surface area (Å²) in [7, 11) is -3.99. The van der Waals surface area contributed by atoms with Gasteiger partial charge in [-0.2, -0.15) is 0 Å². The molecule has 35 heavy (non-hydrogen) atoms. The lowest BCUT2D eigenvalue weighted by atomic mass is 9.95. The lowest BCUT2D eigenvalue weighted by molar-refractivity contribution is -0.121. The Kier molecular flexibility index (Phi) is 8.86. The van der Waals surface area contributed by atoms with E-state index in [1.54, 1.807) is 48.5 Å². The number of rotatable bonds is 11. The summed E-state index contributed by atoms with van der Waals surface area (Å²) in [6, 6.07) is 23.2. The number of nitrogens with zero attached hydrogens (tertiary/aromatic N) is 1. The van der Waals surface area contributed by atoms with Crippen LogP contribution < -0.4 is 14.4 Å². The first kappa shape index (κ1) is 26.6. The zero-order chi connectivity index (χ0) is 25.5. The Morgan fingerprint density at radius 1 is 0.971 bits per heavy atom. The van der Waals surface area contributed by atoms with Crippen LogP contribution in [-0.2, 0) is 21.2 Å². The number of benzene rings is 3. The fraction of sp³-hybridized carbons (Fsp3) is 0.296. The van der Waals surface area contributed by atoms with Gasteiger partial charge in [-0.3, -0.25) is 9.10 Å². The molecule has 3 aromatic rings. The molecule has 0 unspecified atom stereocenters. The van der Waals surface area contributed by atoms with Crippen LogP contribution in [0.5, 0.6) is 5.75 Å². The van der Waals surface area contributed by atoms with E-state index >= 15 is 0 Å². The van der Waals surface area contributed by atoms with Gasteiger partial charge in [0.1, 0.15) is 12.3 Å². The number of thioether (sulfide) groups is 1. The minimum absolute atomic E-state index is 0.125. The van der Waals surface area contributed by atoms with E-state index in [1.807, 2.05) is 57.4 Å². The van der Waals surface area contributed by atoms with Gasteiger partial charge in [-0.15, -0.1) is 11.8 Å². The SMILES string of the molecule is CCOc1ccc(N(CC(=O)NC(C)(C)Cc2ccccc2)S(=O)(=O)c2ccc(SC)cc2)cc1. The van der Waals surface area contributed by atoms with Crippen LogP contribution >= 0.6 is 11.8 Å². The summed E-state index contributed by atoms with van der Waals surface area (Å²) in [6.07, 6.45) is 2.54. The van der Waals surface area contributed by atoms with Crippen LogP contribution in [-0.4, -0.2) is 39.3 Å². The minimum atomic E-state index is -3.99. The molecule has 1 amide bonds. The van der Waals surface area contributed by atoms with E-state index in [0.29, 0.717) is 24.5 Å². The number of hydrogen-bond acceptors (Lipinski definition) is 5. The third kappa shape index (κ3) is 7.26. The van der Waals surface area contributed by atoms with Crippen molar-refractivity contribution in [3.63, 3.8) is 0 Å². The van der Waals surface area contributed by atoms with Crippen molar-refractivity contribution in [1.82, 2.24) is 5.32 Å². The van der Waals surface area contributed by atoms with E-state index in [-0.39, 0.29) is 17.3 Å². The molecule has 8 heteroatoms. The van der Waals surface area contributed by atoms with Gasteiger partial charge in [-0.05, 0) is 87.5 Å². The average molecular weight is 513 g/mol. The van der Waals surface area contributed by atoms with Gasteiger partial charge < -0.3 is 10.1 Å². The summed E-state index contributed by atoms with van der Waals surface area (Å²) >= 11 is 1.53. The maximum absolute atomic E-state index is 13.6. The summed E-state index contributed by atoms with van der Waals surface area (Å²) in [5.74, 6) is 0.246. The first-order valence-electron chi connectivity index (χ1n) is 11.4. The third-order valence-electron chi connectivity index (χ3n) is 5.34. The molecule has 0 aliphatic heterocycles. The molecular weight excluding hydrogens is 480 g/mol. The van der Waals surface area contributed by atoms with Crippen molar-refractivity contribution in [2.75, 3.05) is 23.7 Å². The molecule has 3 aromatic carbocycles. The van der Waals surface area contributed by atoms with E-state index in [9.17, 15) is 13.2 Å². The first-order valence-corrected chi connectivity index (χ1v) is 14.1. The number of carbonyl (C=O) groups is 1. The quantitative estimate of drug-likeness (QED) is 0.360. The van der Waals surface area contributed by atoms with Crippen LogP contribution in [0.1, 0.15) is 26.3 Å². The van der Waals surface area contributed by atoms with Gasteiger partial charge in [0, 0.05) is 10.4 Å². The topological polar surface area (TPSA) is 75.7 Å². The first-order chi connectivity index (χ1) is 16.6. The van der Waals surface area contributed by atoms with Crippen LogP contribution in [0.3, 0.4) is 0 Å². The summed E-state index contributed by atoms with van der Waals surface area (Å²) < 4.78 is 33.9. The van der Waals surface area contributed by atoms with Crippen molar-refractivity contribution in [3.05, 3.63) is 84.4 Å². The molecule has 0 fully saturated rings. The van der Waals surface area contributed by atoms with Crippen molar-refractivity contribution in [3.8, 4) is 5.75 Å². The predicted octanol–water partition coefficient (Wildman–Crippen LogP) is 5.14. The molecule has 0 saturated heterocycles. The summed E-state index contributed by atoms with van der Waals surface area (Å²) in [5.41, 5.74) is 0.910. The standard InChI is InChI=1S/C27H32N2O4S2/c1-5-33-23-13-11-22(12-14-23)29(35(31,32)25-17-15-24(34-4)16-18-25)20-26(30)28-27(2,3)19-21-9-7-6-8-10-21/h6-18H,5,19-20H2,1-4H3,(H,28,30). The molecule has 0 atom stereocenters. The largest absolute Gasteiger partial charge is 0.494 e. The molecule has 6 nitrogen and oxygen atoms in total. The highest BCUT2D eigenvalue weighted by Gasteiger charge is 2.29. The predicted molar refractivity (Wildman–Crippen MR) is 143 cm³/mol. The van der Waals surface area contributed by atoms with E-state index in [0.717, 1.165) is 14.8 Å². The zero-order valence-corrected chi connectivity index (χ0v) is 22.2. The van der Waals surface area contributed by atoms with Gasteiger partial charge >= 0.3 is 0 Å². The highest BCUT2D eigenvalue weighted by atomic mass is 32.2. The van der Waals surface area contributed by atoms with Crippen LogP contribution in [0, 0.1) is 0 Å². The smallest absolute Gasteiger partial charge is 0.264 e. The number of sulfonamides is 1. The Labute approximate surface area is 212 Å². The molecule has 0 spiro atoms. The van der Waals surface area contributed by atoms with Crippen molar-refractivity contribution >= 4 is 33.4 Å². The molecule has 0 bridgehead atoms. The second-order valence-corrected chi connectivity index (χ2v) is 11.5. The number of carbonyl (C=O) groups excluding carboxylic acids is 1. The van der Waals surface area contributed by atoms with Crippen LogP contribution in [0.2, 0.25) is 0 Å². The van der Waals surface area contributed by atoms with Crippen LogP contribution in [0.25, 0.3) is 0 Å². The second kappa shape index (κ2) is 11.6. The van der Waals surface area contributed by atoms with Gasteiger partial charge in [-0.1, -0.05) is 30.3 Å². The lowest BCUT2D eigenvalue weighted by Crippen LogP contribution is -2.50. The van der Waals surface area contributed by atoms with Crippen molar-refractivity contribution in [2.24, 2.45) is 0 Å². The number of hydrogen-bond donors (Lipinski definition) is 1. The Balaban J connectivity index is 1.87. The fourth-order valence-corrected chi connectivity index (χ4v) is 5.59. The van der Waals surface area contributed by atoms with Crippen molar-refractivity contribution in [2.45, 2.75) is 42.5 Å². The van der Waals surface area contributed by atoms with E-state index in [2.05, 4.69) is 5.32 Å². The second-order valence-electron chi connectivity index (χ2n) is 8.71. The highest BCUT2D eigenvalue weighted by molar-refractivity contribution is 7.98. The highest BCUT2D eigenvalue weighted by Crippen LogP contribution is 2.27. The van der Waals surface area contributed by atoms with E-state index < -0.39 is 15.6 Å². The van der Waals surface area contributed by atoms with Crippen LogP contribution in [0.15, 0.2) is 88.7 Å². The molecule has 0 radical (unpaired) electrons. The lowest BCUT2D eigenvalue weighted by Gasteiger charge is -2.29. The summed E-state index contributed by atoms with van der Waals surface area (Å²) in [5, 5.41) is 3.01. The van der Waals surface area contributed by atoms with Gasteiger partial charge in [0.05, 0.1) is 17.2 Å². The Hall–Kier alpha value is -2.97. The molecule has 1 N–H and O–H groups in total. The van der Waals surface area contributed by atoms with Gasteiger partial charge in [-0.25, -0.2) is 8.42 Å². The number of amides is 1. The normalized spacial score (nSPS) is 11.7. The van der Waals surface area contributed by atoms with Gasteiger partial charge in [0.25, 0.3) is 10.0 Å². The molecule has 3 rings (SSSR count). The Morgan fingerprint density at radius 2 is 1.60 bits per heavy atom. The van der Waals surface area contributed by atoms with Gasteiger partial charge in [0.15, 0.2) is 0 Å². The number of ether oxygens (including phenoxy) is 1. The zero-order valence-electron chi connectivity index (χ0n) is 20.5. The molecule has 0 aliphatic rings. The molecule has 0 aliphatic carbocycles. The molecule has 0 heterocycles. The number of nitrogens with one attached hydrogen (secondary N) is 1. The molecule has 0 saturated carbocycles. The van der Waals surface area contributed by atoms with Crippen molar-refractivity contribution in [1.29, 1.82) is 0 Å². The maximum Gasteiger partial charge on any atom is 0.264 e. The van der Waals surface area contributed by atoms with Crippen LogP contribution in [0.4, 0.5) is 5.69 Å². The Morgan fingerprint density at radius 3 is 2.17 bits per heavy atom. The number of anilines is 1. The fourth-order valence-electron chi connectivity index (χ4n) is 3.76. The monoisotopic (exact) mass is 512 g/mol. The average Bonchev–Trinajstić information content (AvgIpc) is 2.83. The Bertz CT molecular complexity index is 1210.